The summed E-state index contributed by atoms with van der Waals surface area (Å²) in [6, 6.07) is -0.931. The van der Waals surface area contributed by atoms with E-state index >= 15 is 0 Å². The lowest BCUT2D eigenvalue weighted by Crippen LogP contribution is -2.41. The molecule has 1 aliphatic heterocycles. The van der Waals surface area contributed by atoms with Crippen molar-refractivity contribution in [2.75, 3.05) is 13.2 Å². The molecular weight excluding hydrogens is 596 g/mol. The van der Waals surface area contributed by atoms with Crippen molar-refractivity contribution < 1.29 is 29.3 Å². The highest BCUT2D eigenvalue weighted by molar-refractivity contribution is 5.75. The van der Waals surface area contributed by atoms with E-state index in [1.54, 1.807) is 0 Å². The number of carboxylic acids is 2. The second-order valence-electron chi connectivity index (χ2n) is 14.5. The molecule has 1 aromatic rings. The Bertz CT molecular complexity index is 1150. The average molecular weight is 662 g/mol. The highest BCUT2D eigenvalue weighted by atomic mass is 16.5. The van der Waals surface area contributed by atoms with Crippen LogP contribution in [0.15, 0.2) is 4.99 Å². The van der Waals surface area contributed by atoms with Gasteiger partial charge in [-0.25, -0.2) is 4.79 Å². The van der Waals surface area contributed by atoms with Crippen molar-refractivity contribution >= 4 is 17.9 Å². The van der Waals surface area contributed by atoms with Crippen molar-refractivity contribution in [1.82, 2.24) is 0 Å². The summed E-state index contributed by atoms with van der Waals surface area (Å²) in [6.07, 6.45) is 14.5. The number of nitrogens with two attached hydrogens (primary N) is 3. The quantitative estimate of drug-likeness (QED) is 0.0771. The van der Waals surface area contributed by atoms with Gasteiger partial charge in [-0.2, -0.15) is 0 Å². The number of carboxylic acid groups (broad SMARTS) is 2. The highest BCUT2D eigenvalue weighted by Gasteiger charge is 2.34. The smallest absolute Gasteiger partial charge is 0.341 e. The number of aliphatic carboxylic acids is 2. The zero-order valence-corrected chi connectivity index (χ0v) is 30.6. The molecule has 47 heavy (non-hydrogen) atoms. The maximum absolute atomic E-state index is 11.0. The number of aliphatic imine (C=N–C) groups is 1. The van der Waals surface area contributed by atoms with E-state index in [0.717, 1.165) is 59.5 Å². The Morgan fingerprint density at radius 2 is 1.49 bits per heavy atom. The maximum Gasteiger partial charge on any atom is 0.341 e. The van der Waals surface area contributed by atoms with Crippen molar-refractivity contribution in [1.29, 1.82) is 0 Å². The third-order valence-corrected chi connectivity index (χ3v) is 9.45. The van der Waals surface area contributed by atoms with Gasteiger partial charge in [0.25, 0.3) is 0 Å². The van der Waals surface area contributed by atoms with Crippen LogP contribution in [0.5, 0.6) is 11.5 Å². The summed E-state index contributed by atoms with van der Waals surface area (Å²) >= 11 is 0. The number of ether oxygens (including phenoxy) is 2. The molecule has 0 saturated heterocycles. The third-order valence-electron chi connectivity index (χ3n) is 9.45. The van der Waals surface area contributed by atoms with Gasteiger partial charge in [-0.3, -0.25) is 4.99 Å². The van der Waals surface area contributed by atoms with E-state index in [2.05, 4.69) is 46.5 Å². The van der Waals surface area contributed by atoms with Gasteiger partial charge in [-0.1, -0.05) is 72.6 Å². The first-order chi connectivity index (χ1) is 22.0. The molecule has 0 fully saturated rings. The normalized spacial score (nSPS) is 17.4. The molecule has 0 aliphatic carbocycles. The summed E-state index contributed by atoms with van der Waals surface area (Å²) in [4.78, 5) is 24.8. The lowest BCUT2D eigenvalue weighted by atomic mass is 9.83. The Balaban J connectivity index is 0.000000779. The van der Waals surface area contributed by atoms with Gasteiger partial charge in [0.05, 0.1) is 5.97 Å². The van der Waals surface area contributed by atoms with Crippen molar-refractivity contribution in [3.05, 3.63) is 22.3 Å². The fraction of sp³-hybridized carbons (Fsp3) is 0.757. The molecule has 0 bridgehead atoms. The molecular formula is C37H65N4O6-. The number of benzene rings is 1. The van der Waals surface area contributed by atoms with E-state index in [1.807, 2.05) is 13.8 Å². The second kappa shape index (κ2) is 21.1. The Morgan fingerprint density at radius 1 is 0.915 bits per heavy atom. The number of guanidine groups is 1. The summed E-state index contributed by atoms with van der Waals surface area (Å²) in [5, 5.41) is 19.1. The van der Waals surface area contributed by atoms with Gasteiger partial charge in [0.15, 0.2) is 12.6 Å². The van der Waals surface area contributed by atoms with Crippen molar-refractivity contribution in [2.45, 2.75) is 151 Å². The standard InChI is InChI=1S/C31H52O4.C6H14N4O2/c1-21(2)12-9-13-22(3)14-10-15-23(4)16-11-18-31(8)19-17-27-26(7)29(34-20-28(32)33)24(5)25(6)30(27)35-31;7-4(5(11)12)2-1-3-10-6(8)9/h21-23H,9-20H2,1-8H3,(H,32,33);4H,1-3,7H2,(H,11,12)(H4,8,9,10)/p-1/t22-,23-,31-;4-/m10/s1. The van der Waals surface area contributed by atoms with Crippen LogP contribution < -0.4 is 31.8 Å². The number of nitrogens with zero attached hydrogens (tertiary/aromatic N) is 1. The highest BCUT2D eigenvalue weighted by Crippen LogP contribution is 2.45. The van der Waals surface area contributed by atoms with Gasteiger partial charge < -0.3 is 41.7 Å². The molecule has 1 heterocycles. The van der Waals surface area contributed by atoms with Gasteiger partial charge in [0.1, 0.15) is 17.1 Å². The molecule has 10 heteroatoms. The minimum Gasteiger partial charge on any atom is -0.548 e. The van der Waals surface area contributed by atoms with Crippen LogP contribution >= 0.6 is 0 Å². The molecule has 270 valence electrons. The Labute approximate surface area is 284 Å². The van der Waals surface area contributed by atoms with Crippen LogP contribution in [0.2, 0.25) is 0 Å². The molecule has 0 saturated carbocycles. The summed E-state index contributed by atoms with van der Waals surface area (Å²) in [6.45, 7) is 17.9. The van der Waals surface area contributed by atoms with E-state index in [9.17, 15) is 14.7 Å². The zero-order chi connectivity index (χ0) is 35.7. The van der Waals surface area contributed by atoms with E-state index in [0.29, 0.717) is 25.1 Å². The molecule has 1 aromatic carbocycles. The van der Waals surface area contributed by atoms with Crippen LogP contribution in [-0.4, -0.2) is 47.8 Å². The Kier molecular flexibility index (Phi) is 18.8. The largest absolute Gasteiger partial charge is 0.548 e. The van der Waals surface area contributed by atoms with E-state index < -0.39 is 18.0 Å². The molecule has 0 aromatic heterocycles. The van der Waals surface area contributed by atoms with Gasteiger partial charge in [0.2, 0.25) is 0 Å². The van der Waals surface area contributed by atoms with Gasteiger partial charge in [-0.15, -0.1) is 0 Å². The number of hydrogen-bond donors (Lipinski definition) is 4. The van der Waals surface area contributed by atoms with Crippen LogP contribution in [0, 0.1) is 38.5 Å². The maximum atomic E-state index is 11.0. The first-order valence-electron chi connectivity index (χ1n) is 17.6. The monoisotopic (exact) mass is 661 g/mol. The summed E-state index contributed by atoms with van der Waals surface area (Å²) in [7, 11) is 0. The van der Waals surface area contributed by atoms with Crippen molar-refractivity contribution in [2.24, 2.45) is 39.9 Å². The number of hydrogen-bond acceptors (Lipinski definition) is 7. The van der Waals surface area contributed by atoms with Crippen LogP contribution in [0.4, 0.5) is 0 Å². The number of carbonyl (C=O) groups is 2. The molecule has 0 amide bonds. The molecule has 0 radical (unpaired) electrons. The zero-order valence-electron chi connectivity index (χ0n) is 30.6. The van der Waals surface area contributed by atoms with Crippen molar-refractivity contribution in [3.8, 4) is 11.5 Å². The first kappa shape index (κ1) is 42.0. The summed E-state index contributed by atoms with van der Waals surface area (Å²) in [5.74, 6) is 1.97. The molecule has 0 spiro atoms. The third kappa shape index (κ3) is 16.1. The molecule has 2 rings (SSSR count). The predicted octanol–water partition coefficient (Wildman–Crippen LogP) is 5.72. The molecule has 10 nitrogen and oxygen atoms in total. The summed E-state index contributed by atoms with van der Waals surface area (Å²) in [5.41, 5.74) is 19.4. The molecule has 4 atom stereocenters. The second-order valence-corrected chi connectivity index (χ2v) is 14.5. The Hall–Kier alpha value is -3.01. The SMILES string of the molecule is Cc1c(C)c2c(c(C)c1OCC(=O)O)CC[C@@](C)(CCC[C@H](C)CCC[C@H](C)CCCC(C)C)O2.NC(N)=NCCC[C@H](N)C(=O)[O-]. The minimum absolute atomic E-state index is 0.00276. The van der Waals surface area contributed by atoms with Crippen LogP contribution in [0.25, 0.3) is 0 Å². The summed E-state index contributed by atoms with van der Waals surface area (Å²) < 4.78 is 12.3. The van der Waals surface area contributed by atoms with E-state index in [-0.39, 0.29) is 18.2 Å². The predicted molar refractivity (Wildman–Crippen MR) is 189 cm³/mol. The lowest BCUT2D eigenvalue weighted by molar-refractivity contribution is -0.307. The number of fused-ring (bicyclic) bond motifs is 1. The van der Waals surface area contributed by atoms with E-state index in [1.165, 1.54) is 56.9 Å². The fourth-order valence-corrected chi connectivity index (χ4v) is 6.25. The minimum atomic E-state index is -1.25. The van der Waals surface area contributed by atoms with Gasteiger partial charge >= 0.3 is 5.97 Å². The molecule has 7 N–H and O–H groups in total. The fourth-order valence-electron chi connectivity index (χ4n) is 6.25. The van der Waals surface area contributed by atoms with Crippen molar-refractivity contribution in [3.63, 3.8) is 0 Å². The average Bonchev–Trinajstić information content (AvgIpc) is 2.97. The van der Waals surface area contributed by atoms with E-state index in [4.69, 9.17) is 31.8 Å². The van der Waals surface area contributed by atoms with Crippen LogP contribution in [0.1, 0.15) is 134 Å². The number of carbonyl (C=O) groups excluding carboxylic acids is 1. The van der Waals surface area contributed by atoms with Crippen LogP contribution in [-0.2, 0) is 16.0 Å². The van der Waals surface area contributed by atoms with Gasteiger partial charge in [-0.05, 0) is 101 Å². The number of rotatable bonds is 20. The molecule has 1 aliphatic rings. The molecule has 0 unspecified atom stereocenters. The Morgan fingerprint density at radius 3 is 2.02 bits per heavy atom. The van der Waals surface area contributed by atoms with Gasteiger partial charge in [0, 0.05) is 18.2 Å². The topological polar surface area (TPSA) is 186 Å². The lowest BCUT2D eigenvalue weighted by Gasteiger charge is -2.38. The first-order valence-corrected chi connectivity index (χ1v) is 17.6. The van der Waals surface area contributed by atoms with Crippen LogP contribution in [0.3, 0.4) is 0 Å².